The summed E-state index contributed by atoms with van der Waals surface area (Å²) < 4.78 is 0. The second-order valence-electron chi connectivity index (χ2n) is 1.79. The fourth-order valence-electron chi connectivity index (χ4n) is 0.260. The van der Waals surface area contributed by atoms with Crippen LogP contribution < -0.4 is 0 Å². The molecule has 0 saturated heterocycles. The molecule has 0 heterocycles. The zero-order valence-electron chi connectivity index (χ0n) is 5.48. The molecule has 0 rings (SSSR count). The first-order chi connectivity index (χ1) is 3.68. The molecular weight excluding hydrogens is 116 g/mol. The molecule has 0 saturated carbocycles. The molecule has 0 aliphatic carbocycles. The van der Waals surface area contributed by atoms with Gasteiger partial charge in [0.15, 0.2) is 0 Å². The van der Waals surface area contributed by atoms with Crippen molar-refractivity contribution in [3.8, 4) is 0 Å². The Morgan fingerprint density at radius 1 is 1.75 bits per heavy atom. The maximum Gasteiger partial charge on any atom is 0.0264 e. The summed E-state index contributed by atoms with van der Waals surface area (Å²) in [5.74, 6) is 0. The maximum atomic E-state index is 3.81. The van der Waals surface area contributed by atoms with Crippen molar-refractivity contribution in [2.45, 2.75) is 19.1 Å². The summed E-state index contributed by atoms with van der Waals surface area (Å²) >= 11 is 1.70. The molecule has 1 unspecified atom stereocenters. The molecule has 0 nitrogen and oxygen atoms in total. The predicted molar refractivity (Wildman–Crippen MR) is 42.1 cm³/mol. The number of thioether (sulfide) groups is 1. The monoisotopic (exact) mass is 128 g/mol. The summed E-state index contributed by atoms with van der Waals surface area (Å²) in [6, 6.07) is 0. The lowest BCUT2D eigenvalue weighted by Gasteiger charge is -2.04. The van der Waals surface area contributed by atoms with Crippen molar-refractivity contribution in [2.24, 2.45) is 0 Å². The summed E-state index contributed by atoms with van der Waals surface area (Å²) in [5.41, 5.74) is 1.20. The Kier molecular flexibility index (Phi) is 3.71. The molecule has 0 fully saturated rings. The third kappa shape index (κ3) is 2.92. The highest BCUT2D eigenvalue weighted by atomic mass is 32.2. The van der Waals surface area contributed by atoms with E-state index < -0.39 is 0 Å². The van der Waals surface area contributed by atoms with Gasteiger partial charge in [0.25, 0.3) is 0 Å². The summed E-state index contributed by atoms with van der Waals surface area (Å²) in [6.45, 7) is 11.6. The van der Waals surface area contributed by atoms with E-state index >= 15 is 0 Å². The molecule has 0 aromatic carbocycles. The number of hydrogen-bond acceptors (Lipinski definition) is 1. The molecule has 0 aliphatic rings. The van der Waals surface area contributed by atoms with Crippen LogP contribution in [-0.4, -0.2) is 5.25 Å². The second kappa shape index (κ2) is 3.79. The minimum Gasteiger partial charge on any atom is -0.127 e. The Labute approximate surface area is 55.7 Å². The maximum absolute atomic E-state index is 3.81. The molecular formula is C7H12S. The number of rotatable bonds is 3. The Balaban J connectivity index is 3.46. The first-order valence-electron chi connectivity index (χ1n) is 2.60. The van der Waals surface area contributed by atoms with Crippen molar-refractivity contribution >= 4 is 11.8 Å². The average Bonchev–Trinajstić information content (AvgIpc) is 1.67. The zero-order valence-corrected chi connectivity index (χ0v) is 6.29. The lowest BCUT2D eigenvalue weighted by molar-refractivity contribution is 1.14. The highest BCUT2D eigenvalue weighted by Gasteiger charge is 1.96. The molecule has 0 radical (unpaired) electrons. The summed E-state index contributed by atoms with van der Waals surface area (Å²) in [5, 5.41) is 2.37. The Bertz CT molecular complexity index is 94.6. The van der Waals surface area contributed by atoms with E-state index in [-0.39, 0.29) is 0 Å². The van der Waals surface area contributed by atoms with E-state index in [1.807, 2.05) is 12.3 Å². The summed E-state index contributed by atoms with van der Waals surface area (Å²) in [4.78, 5) is 0. The van der Waals surface area contributed by atoms with E-state index in [0.29, 0.717) is 5.25 Å². The topological polar surface area (TPSA) is 0 Å². The van der Waals surface area contributed by atoms with Crippen LogP contribution in [-0.2, 0) is 0 Å². The van der Waals surface area contributed by atoms with Gasteiger partial charge in [0, 0.05) is 5.25 Å². The molecule has 1 heteroatoms. The molecule has 0 aromatic heterocycles. The molecule has 0 N–H and O–H groups in total. The third-order valence-corrected chi connectivity index (χ3v) is 2.00. The van der Waals surface area contributed by atoms with Crippen LogP contribution in [0.5, 0.6) is 0 Å². The molecule has 0 aliphatic heterocycles. The SMILES string of the molecule is C=CSC(C)C(=C)C. The van der Waals surface area contributed by atoms with E-state index in [2.05, 4.69) is 20.1 Å². The van der Waals surface area contributed by atoms with E-state index in [4.69, 9.17) is 0 Å². The molecule has 0 bridgehead atoms. The van der Waals surface area contributed by atoms with Gasteiger partial charge >= 0.3 is 0 Å². The van der Waals surface area contributed by atoms with Crippen LogP contribution in [0.3, 0.4) is 0 Å². The van der Waals surface area contributed by atoms with E-state index in [1.165, 1.54) is 5.57 Å². The van der Waals surface area contributed by atoms with Crippen molar-refractivity contribution in [2.75, 3.05) is 0 Å². The largest absolute Gasteiger partial charge is 0.127 e. The van der Waals surface area contributed by atoms with Crippen molar-refractivity contribution in [3.05, 3.63) is 24.1 Å². The molecule has 0 aromatic rings. The van der Waals surface area contributed by atoms with Gasteiger partial charge in [-0.05, 0) is 19.3 Å². The quantitative estimate of drug-likeness (QED) is 0.527. The normalized spacial score (nSPS) is 12.8. The van der Waals surface area contributed by atoms with Crippen LogP contribution in [0.1, 0.15) is 13.8 Å². The fraction of sp³-hybridized carbons (Fsp3) is 0.429. The van der Waals surface area contributed by atoms with Crippen LogP contribution in [0, 0.1) is 0 Å². The van der Waals surface area contributed by atoms with Gasteiger partial charge in [0.1, 0.15) is 0 Å². The van der Waals surface area contributed by atoms with Gasteiger partial charge in [-0.15, -0.1) is 11.8 Å². The highest BCUT2D eigenvalue weighted by Crippen LogP contribution is 2.16. The van der Waals surface area contributed by atoms with Crippen molar-refractivity contribution in [3.63, 3.8) is 0 Å². The molecule has 8 heavy (non-hydrogen) atoms. The summed E-state index contributed by atoms with van der Waals surface area (Å²) in [7, 11) is 0. The van der Waals surface area contributed by atoms with Crippen LogP contribution in [0.2, 0.25) is 0 Å². The van der Waals surface area contributed by atoms with Crippen molar-refractivity contribution in [1.29, 1.82) is 0 Å². The molecule has 46 valence electrons. The third-order valence-electron chi connectivity index (χ3n) is 0.994. The molecule has 0 amide bonds. The Morgan fingerprint density at radius 3 is 2.38 bits per heavy atom. The smallest absolute Gasteiger partial charge is 0.0264 e. The standard InChI is InChI=1S/C7H12S/c1-5-8-7(4)6(2)3/h5,7H,1-2H2,3-4H3. The Hall–Kier alpha value is -0.170. The van der Waals surface area contributed by atoms with Crippen LogP contribution in [0.4, 0.5) is 0 Å². The van der Waals surface area contributed by atoms with Gasteiger partial charge in [-0.1, -0.05) is 18.7 Å². The minimum atomic E-state index is 0.521. The van der Waals surface area contributed by atoms with Crippen LogP contribution in [0.25, 0.3) is 0 Å². The molecule has 0 spiro atoms. The van der Waals surface area contributed by atoms with Crippen molar-refractivity contribution in [1.82, 2.24) is 0 Å². The summed E-state index contributed by atoms with van der Waals surface area (Å²) in [6.07, 6.45) is 0. The minimum absolute atomic E-state index is 0.521. The lowest BCUT2D eigenvalue weighted by Crippen LogP contribution is -1.92. The van der Waals surface area contributed by atoms with E-state index in [1.54, 1.807) is 11.8 Å². The van der Waals surface area contributed by atoms with Crippen LogP contribution >= 0.6 is 11.8 Å². The second-order valence-corrected chi connectivity index (χ2v) is 3.10. The van der Waals surface area contributed by atoms with Gasteiger partial charge in [-0.2, -0.15) is 0 Å². The number of hydrogen-bond donors (Lipinski definition) is 0. The van der Waals surface area contributed by atoms with Crippen molar-refractivity contribution < 1.29 is 0 Å². The zero-order chi connectivity index (χ0) is 6.57. The van der Waals surface area contributed by atoms with Crippen LogP contribution in [0.15, 0.2) is 24.1 Å². The predicted octanol–water partition coefficient (Wildman–Crippen LogP) is 2.83. The Morgan fingerprint density at radius 2 is 2.25 bits per heavy atom. The van der Waals surface area contributed by atoms with Gasteiger partial charge in [0.2, 0.25) is 0 Å². The van der Waals surface area contributed by atoms with Gasteiger partial charge in [-0.3, -0.25) is 0 Å². The first-order valence-corrected chi connectivity index (χ1v) is 3.54. The van der Waals surface area contributed by atoms with Gasteiger partial charge in [0.05, 0.1) is 0 Å². The van der Waals surface area contributed by atoms with Gasteiger partial charge in [-0.25, -0.2) is 0 Å². The molecule has 1 atom stereocenters. The average molecular weight is 128 g/mol. The first kappa shape index (κ1) is 7.83. The van der Waals surface area contributed by atoms with E-state index in [0.717, 1.165) is 0 Å². The highest BCUT2D eigenvalue weighted by molar-refractivity contribution is 8.02. The lowest BCUT2D eigenvalue weighted by atomic mass is 10.3. The fourth-order valence-corrected chi connectivity index (χ4v) is 0.781. The van der Waals surface area contributed by atoms with E-state index in [9.17, 15) is 0 Å². The van der Waals surface area contributed by atoms with Gasteiger partial charge < -0.3 is 0 Å².